The van der Waals surface area contributed by atoms with E-state index >= 15 is 0 Å². The largest absolute Gasteiger partial charge is 0.320 e. The van der Waals surface area contributed by atoms with Gasteiger partial charge >= 0.3 is 0 Å². The second-order valence-electron chi connectivity index (χ2n) is 11.6. The highest BCUT2D eigenvalue weighted by Gasteiger charge is 2.51. The number of aryl methyl sites for hydroxylation is 1. The normalized spacial score (nSPS) is 25.9. The van der Waals surface area contributed by atoms with Crippen LogP contribution in [0.3, 0.4) is 0 Å². The summed E-state index contributed by atoms with van der Waals surface area (Å²) in [7, 11) is 0. The number of rotatable bonds is 5. The molecule has 0 aliphatic heterocycles. The predicted octanol–water partition coefficient (Wildman–Crippen LogP) is 8.41. The van der Waals surface area contributed by atoms with E-state index in [-0.39, 0.29) is 10.6 Å². The highest BCUT2D eigenvalue weighted by atomic mass is 35.5. The lowest BCUT2D eigenvalue weighted by atomic mass is 9.48. The zero-order valence-electron chi connectivity index (χ0n) is 21.7. The van der Waals surface area contributed by atoms with Crippen molar-refractivity contribution in [1.82, 2.24) is 4.57 Å². The Hall–Kier alpha value is -3.00. The fourth-order valence-corrected chi connectivity index (χ4v) is 8.20. The second-order valence-corrected chi connectivity index (χ2v) is 12.4. The van der Waals surface area contributed by atoms with Crippen LogP contribution in [0.15, 0.2) is 54.1 Å². The van der Waals surface area contributed by atoms with E-state index in [4.69, 9.17) is 23.2 Å². The van der Waals surface area contributed by atoms with E-state index in [0.717, 1.165) is 40.4 Å². The molecule has 38 heavy (non-hydrogen) atoms. The van der Waals surface area contributed by atoms with Gasteiger partial charge in [-0.3, -0.25) is 4.79 Å². The Balaban J connectivity index is 1.26. The van der Waals surface area contributed by atoms with E-state index in [1.54, 1.807) is 24.3 Å². The van der Waals surface area contributed by atoms with Crippen molar-refractivity contribution in [3.63, 3.8) is 0 Å². The molecule has 0 radical (unpaired) electrons. The second kappa shape index (κ2) is 9.63. The van der Waals surface area contributed by atoms with Crippen molar-refractivity contribution in [2.75, 3.05) is 5.32 Å². The Bertz CT molecular complexity index is 1460. The summed E-state index contributed by atoms with van der Waals surface area (Å²) in [6, 6.07) is 18.2. The van der Waals surface area contributed by atoms with Gasteiger partial charge in [0.1, 0.15) is 11.6 Å². The molecular weight excluding hydrogens is 513 g/mol. The zero-order valence-corrected chi connectivity index (χ0v) is 23.2. The van der Waals surface area contributed by atoms with Crippen molar-refractivity contribution >= 4 is 40.9 Å². The summed E-state index contributed by atoms with van der Waals surface area (Å²) < 4.78 is 2.19. The molecule has 7 rings (SSSR count). The number of halogens is 2. The molecule has 1 N–H and O–H groups in total. The van der Waals surface area contributed by atoms with Gasteiger partial charge in [-0.2, -0.15) is 5.26 Å². The molecule has 6 heteroatoms. The summed E-state index contributed by atoms with van der Waals surface area (Å²) in [5.41, 5.74) is 6.21. The van der Waals surface area contributed by atoms with E-state index in [1.165, 1.54) is 44.1 Å². The number of nitrogens with one attached hydrogen (secondary N) is 1. The third kappa shape index (κ3) is 4.36. The van der Waals surface area contributed by atoms with E-state index in [9.17, 15) is 10.1 Å². The molecule has 0 spiro atoms. The SMILES string of the molecule is Cc1cc(/C=C(/C#N)C(=O)Nc2cccc(Cl)c2Cl)c(C)n1-c1ccc(C23CC4CC(CC(C4)C2)C3)cc1. The average molecular weight is 545 g/mol. The number of hydrogen-bond acceptors (Lipinski definition) is 2. The van der Waals surface area contributed by atoms with Gasteiger partial charge in [-0.15, -0.1) is 0 Å². The first-order chi connectivity index (χ1) is 18.3. The fourth-order valence-electron chi connectivity index (χ4n) is 7.85. The van der Waals surface area contributed by atoms with Gasteiger partial charge in [0.25, 0.3) is 5.91 Å². The minimum Gasteiger partial charge on any atom is -0.320 e. The summed E-state index contributed by atoms with van der Waals surface area (Å²) in [6.07, 6.45) is 10.0. The van der Waals surface area contributed by atoms with Gasteiger partial charge in [-0.25, -0.2) is 0 Å². The molecule has 4 bridgehead atoms. The van der Waals surface area contributed by atoms with Gasteiger partial charge < -0.3 is 9.88 Å². The van der Waals surface area contributed by atoms with Gasteiger partial charge in [-0.05, 0) is 123 Å². The maximum atomic E-state index is 12.9. The standard InChI is InChI=1S/C32H31Cl2N3O/c1-19-10-24(14-25(18-35)31(38)36-29-5-3-4-28(33)30(29)34)20(2)37(19)27-8-6-26(7-9-27)32-15-21-11-22(16-32)13-23(12-21)17-32/h3-10,14,21-23H,11-13,15-17H2,1-2H3,(H,36,38)/b25-14-. The molecule has 2 aromatic carbocycles. The molecule has 0 atom stereocenters. The average Bonchev–Trinajstić information content (AvgIpc) is 3.16. The van der Waals surface area contributed by atoms with Crippen LogP contribution in [0.1, 0.15) is 61.0 Å². The van der Waals surface area contributed by atoms with Crippen LogP contribution < -0.4 is 5.32 Å². The fraction of sp³-hybridized carbons (Fsp3) is 0.375. The summed E-state index contributed by atoms with van der Waals surface area (Å²) in [4.78, 5) is 12.9. The monoisotopic (exact) mass is 543 g/mol. The molecule has 0 unspecified atom stereocenters. The Morgan fingerprint density at radius 1 is 1.03 bits per heavy atom. The van der Waals surface area contributed by atoms with Crippen LogP contribution >= 0.6 is 23.2 Å². The number of hydrogen-bond donors (Lipinski definition) is 1. The number of nitrogens with zero attached hydrogens (tertiary/aromatic N) is 2. The number of anilines is 1. The van der Waals surface area contributed by atoms with Crippen molar-refractivity contribution in [3.05, 3.63) is 86.7 Å². The number of aromatic nitrogens is 1. The number of amides is 1. The van der Waals surface area contributed by atoms with Crippen LogP contribution in [0.5, 0.6) is 0 Å². The molecule has 4 saturated carbocycles. The lowest BCUT2D eigenvalue weighted by Gasteiger charge is -2.57. The van der Waals surface area contributed by atoms with Gasteiger partial charge in [0.05, 0.1) is 15.7 Å². The minimum atomic E-state index is -0.526. The molecule has 1 heterocycles. The molecule has 194 valence electrons. The number of nitriles is 1. The summed E-state index contributed by atoms with van der Waals surface area (Å²) in [5, 5.41) is 13.0. The van der Waals surface area contributed by atoms with Crippen LogP contribution in [-0.2, 0) is 10.2 Å². The first-order valence-corrected chi connectivity index (χ1v) is 14.2. The van der Waals surface area contributed by atoms with Gasteiger partial charge in [-0.1, -0.05) is 41.4 Å². The minimum absolute atomic E-state index is 0.00143. The quantitative estimate of drug-likeness (QED) is 0.259. The number of benzene rings is 2. The molecule has 4 fully saturated rings. The highest BCUT2D eigenvalue weighted by Crippen LogP contribution is 2.60. The van der Waals surface area contributed by atoms with Crippen molar-refractivity contribution in [2.24, 2.45) is 17.8 Å². The van der Waals surface area contributed by atoms with Crippen LogP contribution in [0, 0.1) is 42.9 Å². The summed E-state index contributed by atoms with van der Waals surface area (Å²) in [5.74, 6) is 2.24. The Labute approximate surface area is 234 Å². The smallest absolute Gasteiger partial charge is 0.266 e. The van der Waals surface area contributed by atoms with E-state index < -0.39 is 5.91 Å². The van der Waals surface area contributed by atoms with E-state index in [1.807, 2.05) is 19.1 Å². The van der Waals surface area contributed by atoms with Gasteiger partial charge in [0.2, 0.25) is 0 Å². The van der Waals surface area contributed by atoms with Crippen molar-refractivity contribution in [3.8, 4) is 11.8 Å². The van der Waals surface area contributed by atoms with Crippen molar-refractivity contribution in [2.45, 2.75) is 57.8 Å². The first-order valence-electron chi connectivity index (χ1n) is 13.4. The molecule has 1 aromatic heterocycles. The van der Waals surface area contributed by atoms with Crippen LogP contribution in [-0.4, -0.2) is 10.5 Å². The van der Waals surface area contributed by atoms with E-state index in [2.05, 4.69) is 41.1 Å². The lowest BCUT2D eigenvalue weighted by molar-refractivity contribution is -0.112. The van der Waals surface area contributed by atoms with Gasteiger partial charge in [0, 0.05) is 17.1 Å². The number of carbonyl (C=O) groups excluding carboxylic acids is 1. The molecule has 0 saturated heterocycles. The molecule has 4 aliphatic carbocycles. The van der Waals surface area contributed by atoms with Crippen molar-refractivity contribution in [1.29, 1.82) is 5.26 Å². The Morgan fingerprint density at radius 2 is 1.66 bits per heavy atom. The van der Waals surface area contributed by atoms with Crippen molar-refractivity contribution < 1.29 is 4.79 Å². The van der Waals surface area contributed by atoms with E-state index in [0.29, 0.717) is 16.1 Å². The maximum absolute atomic E-state index is 12.9. The molecule has 1 amide bonds. The highest BCUT2D eigenvalue weighted by molar-refractivity contribution is 6.44. The Morgan fingerprint density at radius 3 is 2.26 bits per heavy atom. The molecular formula is C32H31Cl2N3O. The van der Waals surface area contributed by atoms with Gasteiger partial charge in [0.15, 0.2) is 0 Å². The van der Waals surface area contributed by atoms with Crippen LogP contribution in [0.25, 0.3) is 11.8 Å². The van der Waals surface area contributed by atoms with Crippen LogP contribution in [0.4, 0.5) is 5.69 Å². The molecule has 3 aromatic rings. The third-order valence-corrected chi connectivity index (χ3v) is 9.93. The maximum Gasteiger partial charge on any atom is 0.266 e. The topological polar surface area (TPSA) is 57.8 Å². The Kier molecular flexibility index (Phi) is 6.41. The third-order valence-electron chi connectivity index (χ3n) is 9.11. The van der Waals surface area contributed by atoms with Crippen LogP contribution in [0.2, 0.25) is 10.0 Å². The predicted molar refractivity (Wildman–Crippen MR) is 154 cm³/mol. The number of carbonyl (C=O) groups is 1. The first kappa shape index (κ1) is 25.3. The molecule has 4 nitrogen and oxygen atoms in total. The summed E-state index contributed by atoms with van der Waals surface area (Å²) in [6.45, 7) is 4.07. The zero-order chi connectivity index (χ0) is 26.6. The lowest BCUT2D eigenvalue weighted by Crippen LogP contribution is -2.48. The molecule has 4 aliphatic rings. The summed E-state index contributed by atoms with van der Waals surface area (Å²) >= 11 is 12.3.